The molecule has 1 atom stereocenters. The van der Waals surface area contributed by atoms with E-state index in [2.05, 4.69) is 10.3 Å². The van der Waals surface area contributed by atoms with Crippen LogP contribution in [0.2, 0.25) is 0 Å². The van der Waals surface area contributed by atoms with E-state index in [0.717, 1.165) is 18.5 Å². The number of rotatable bonds is 4. The molecule has 7 heteroatoms. The van der Waals surface area contributed by atoms with Gasteiger partial charge in [0.05, 0.1) is 23.2 Å². The van der Waals surface area contributed by atoms with Crippen molar-refractivity contribution in [1.29, 1.82) is 0 Å². The summed E-state index contributed by atoms with van der Waals surface area (Å²) in [6.45, 7) is 5.04. The van der Waals surface area contributed by atoms with E-state index in [1.54, 1.807) is 24.3 Å². The highest BCUT2D eigenvalue weighted by molar-refractivity contribution is 7.07. The number of amides is 2. The Kier molecular flexibility index (Phi) is 4.82. The highest BCUT2D eigenvalue weighted by Gasteiger charge is 2.39. The number of hydrogen-bond acceptors (Lipinski definition) is 4. The van der Waals surface area contributed by atoms with Gasteiger partial charge < -0.3 is 15.3 Å². The minimum absolute atomic E-state index is 0.0197. The van der Waals surface area contributed by atoms with E-state index < -0.39 is 11.4 Å². The van der Waals surface area contributed by atoms with Crippen LogP contribution in [-0.2, 0) is 11.3 Å². The first kappa shape index (κ1) is 15.8. The number of aromatic nitrogens is 1. The molecule has 1 fully saturated rings. The third-order valence-electron chi connectivity index (χ3n) is 4.18. The molecule has 116 valence electrons. The van der Waals surface area contributed by atoms with Gasteiger partial charge in [0, 0.05) is 18.5 Å². The maximum Gasteiger partial charge on any atom is 0.317 e. The predicted molar refractivity (Wildman–Crippen MR) is 80.1 cm³/mol. The van der Waals surface area contributed by atoms with Gasteiger partial charge in [-0.25, -0.2) is 9.78 Å². The second-order valence-electron chi connectivity index (χ2n) is 5.95. The molecule has 0 radical (unpaired) electrons. The van der Waals surface area contributed by atoms with Crippen molar-refractivity contribution in [3.8, 4) is 0 Å². The lowest BCUT2D eigenvalue weighted by Crippen LogP contribution is -2.49. The Morgan fingerprint density at radius 3 is 2.95 bits per heavy atom. The normalized spacial score (nSPS) is 19.3. The van der Waals surface area contributed by atoms with Gasteiger partial charge in [-0.15, -0.1) is 11.3 Å². The molecule has 2 amide bonds. The van der Waals surface area contributed by atoms with Gasteiger partial charge in [-0.2, -0.15) is 0 Å². The number of carboxylic acids is 1. The maximum atomic E-state index is 12.2. The van der Waals surface area contributed by atoms with Crippen LogP contribution >= 0.6 is 11.3 Å². The summed E-state index contributed by atoms with van der Waals surface area (Å²) in [5.41, 5.74) is 1.76. The maximum absolute atomic E-state index is 12.2. The number of aliphatic carboxylic acids is 1. The third kappa shape index (κ3) is 3.72. The second kappa shape index (κ2) is 6.43. The monoisotopic (exact) mass is 311 g/mol. The molecule has 2 rings (SSSR count). The number of likely N-dealkylation sites (tertiary alicyclic amines) is 1. The first-order valence-electron chi connectivity index (χ1n) is 7.04. The van der Waals surface area contributed by atoms with E-state index in [1.165, 1.54) is 11.3 Å². The van der Waals surface area contributed by atoms with Crippen LogP contribution in [0.1, 0.15) is 32.4 Å². The van der Waals surface area contributed by atoms with E-state index in [-0.39, 0.29) is 11.9 Å². The number of nitrogens with one attached hydrogen (secondary N) is 1. The average Bonchev–Trinajstić information content (AvgIpc) is 2.98. The molecule has 6 nitrogen and oxygen atoms in total. The number of carbonyl (C=O) groups excluding carboxylic acids is 1. The molecule has 1 saturated heterocycles. The third-order valence-corrected chi connectivity index (χ3v) is 4.82. The lowest BCUT2D eigenvalue weighted by atomic mass is 9.74. The summed E-state index contributed by atoms with van der Waals surface area (Å²) in [6.07, 6.45) is 1.68. The van der Waals surface area contributed by atoms with Crippen molar-refractivity contribution < 1.29 is 14.7 Å². The van der Waals surface area contributed by atoms with Gasteiger partial charge in [-0.1, -0.05) is 0 Å². The molecule has 0 spiro atoms. The van der Waals surface area contributed by atoms with E-state index in [4.69, 9.17) is 0 Å². The summed E-state index contributed by atoms with van der Waals surface area (Å²) < 4.78 is 0. The number of thiazole rings is 1. The number of hydrogen-bond donors (Lipinski definition) is 2. The average molecular weight is 311 g/mol. The lowest BCUT2D eigenvalue weighted by Gasteiger charge is -2.39. The molecule has 1 aromatic rings. The topological polar surface area (TPSA) is 82.5 Å². The van der Waals surface area contributed by atoms with E-state index in [9.17, 15) is 14.7 Å². The number of piperidine rings is 1. The summed E-state index contributed by atoms with van der Waals surface area (Å²) in [7, 11) is 0. The molecule has 0 bridgehead atoms. The van der Waals surface area contributed by atoms with E-state index in [0.29, 0.717) is 19.6 Å². The highest BCUT2D eigenvalue weighted by Crippen LogP contribution is 2.34. The van der Waals surface area contributed by atoms with Crippen LogP contribution in [0.15, 0.2) is 10.9 Å². The zero-order valence-corrected chi connectivity index (χ0v) is 13.2. The van der Waals surface area contributed by atoms with Crippen molar-refractivity contribution >= 4 is 23.3 Å². The van der Waals surface area contributed by atoms with Crippen molar-refractivity contribution in [3.05, 3.63) is 16.6 Å². The lowest BCUT2D eigenvalue weighted by molar-refractivity contribution is -0.151. The fraction of sp³-hybridized carbons (Fsp3) is 0.643. The fourth-order valence-corrected chi connectivity index (χ4v) is 3.09. The molecular formula is C14H21N3O3S. The molecule has 1 aliphatic rings. The quantitative estimate of drug-likeness (QED) is 0.893. The fourth-order valence-electron chi connectivity index (χ4n) is 2.53. The Morgan fingerprint density at radius 1 is 1.57 bits per heavy atom. The number of carboxylic acid groups (broad SMARTS) is 1. The van der Waals surface area contributed by atoms with Gasteiger partial charge in [0.15, 0.2) is 0 Å². The van der Waals surface area contributed by atoms with Crippen LogP contribution in [-0.4, -0.2) is 40.1 Å². The summed E-state index contributed by atoms with van der Waals surface area (Å²) >= 11 is 1.49. The smallest absolute Gasteiger partial charge is 0.317 e. The van der Waals surface area contributed by atoms with Crippen molar-refractivity contribution in [1.82, 2.24) is 15.2 Å². The number of nitrogens with zero attached hydrogens (tertiary/aromatic N) is 2. The van der Waals surface area contributed by atoms with Crippen molar-refractivity contribution in [2.45, 2.75) is 33.2 Å². The van der Waals surface area contributed by atoms with Gasteiger partial charge in [0.25, 0.3) is 0 Å². The predicted octanol–water partition coefficient (Wildman–Crippen LogP) is 2.18. The Morgan fingerprint density at radius 2 is 2.33 bits per heavy atom. The molecule has 2 heterocycles. The van der Waals surface area contributed by atoms with Crippen LogP contribution in [0, 0.1) is 11.3 Å². The molecular weight excluding hydrogens is 290 g/mol. The molecule has 2 N–H and O–H groups in total. The van der Waals surface area contributed by atoms with Crippen LogP contribution in [0.5, 0.6) is 0 Å². The molecule has 0 aromatic carbocycles. The first-order valence-corrected chi connectivity index (χ1v) is 7.98. The second-order valence-corrected chi connectivity index (χ2v) is 6.67. The zero-order chi connectivity index (χ0) is 15.5. The Bertz CT molecular complexity index is 502. The van der Waals surface area contributed by atoms with E-state index >= 15 is 0 Å². The SMILES string of the molecule is CC(C)(C(=O)O)C1CCCN(C(=O)NCc2cscn2)C1. The summed E-state index contributed by atoms with van der Waals surface area (Å²) in [5, 5.41) is 14.1. The Labute approximate surface area is 128 Å². The Hall–Kier alpha value is -1.63. The van der Waals surface area contributed by atoms with Gasteiger partial charge in [0.1, 0.15) is 0 Å². The standard InChI is InChI=1S/C14H21N3O3S/c1-14(2,12(18)19)10-4-3-5-17(7-10)13(20)15-6-11-8-21-9-16-11/h8-10H,3-7H2,1-2H3,(H,15,20)(H,18,19). The molecule has 1 aliphatic heterocycles. The van der Waals surface area contributed by atoms with Crippen molar-refractivity contribution in [3.63, 3.8) is 0 Å². The van der Waals surface area contributed by atoms with Gasteiger partial charge in [-0.05, 0) is 32.6 Å². The minimum atomic E-state index is -0.812. The molecule has 21 heavy (non-hydrogen) atoms. The summed E-state index contributed by atoms with van der Waals surface area (Å²) in [6, 6.07) is -0.145. The Balaban J connectivity index is 1.91. The molecule has 0 aliphatic carbocycles. The number of urea groups is 1. The highest BCUT2D eigenvalue weighted by atomic mass is 32.1. The first-order chi connectivity index (χ1) is 9.91. The van der Waals surface area contributed by atoms with Crippen LogP contribution in [0.3, 0.4) is 0 Å². The minimum Gasteiger partial charge on any atom is -0.481 e. The van der Waals surface area contributed by atoms with Crippen LogP contribution in [0.4, 0.5) is 4.79 Å². The molecule has 1 aromatic heterocycles. The van der Waals surface area contributed by atoms with Crippen molar-refractivity contribution in [2.24, 2.45) is 11.3 Å². The van der Waals surface area contributed by atoms with E-state index in [1.807, 2.05) is 5.38 Å². The van der Waals surface area contributed by atoms with Crippen molar-refractivity contribution in [2.75, 3.05) is 13.1 Å². The van der Waals surface area contributed by atoms with Gasteiger partial charge in [0.2, 0.25) is 0 Å². The molecule has 0 saturated carbocycles. The summed E-state index contributed by atoms with van der Waals surface area (Å²) in [5.74, 6) is -0.828. The summed E-state index contributed by atoms with van der Waals surface area (Å²) in [4.78, 5) is 29.4. The van der Waals surface area contributed by atoms with Gasteiger partial charge >= 0.3 is 12.0 Å². The molecule has 1 unspecified atom stereocenters. The van der Waals surface area contributed by atoms with Crippen LogP contribution < -0.4 is 5.32 Å². The van der Waals surface area contributed by atoms with Crippen LogP contribution in [0.25, 0.3) is 0 Å². The van der Waals surface area contributed by atoms with Gasteiger partial charge in [-0.3, -0.25) is 4.79 Å². The largest absolute Gasteiger partial charge is 0.481 e. The number of carbonyl (C=O) groups is 2. The zero-order valence-electron chi connectivity index (χ0n) is 12.3.